The summed E-state index contributed by atoms with van der Waals surface area (Å²) in [7, 11) is 0. The van der Waals surface area contributed by atoms with Crippen LogP contribution in [0.4, 0.5) is 0 Å². The molecule has 0 radical (unpaired) electrons. The third kappa shape index (κ3) is 2.81. The minimum Gasteiger partial charge on any atom is -0.323 e. The first kappa shape index (κ1) is 12.2. The van der Waals surface area contributed by atoms with Gasteiger partial charge in [0.2, 0.25) is 0 Å². The molecule has 15 heavy (non-hydrogen) atoms. The average molecular weight is 209 g/mol. The summed E-state index contributed by atoms with van der Waals surface area (Å²) >= 11 is 0. The molecule has 0 bridgehead atoms. The van der Waals surface area contributed by atoms with Gasteiger partial charge >= 0.3 is 0 Å². The molecule has 1 heterocycles. The molecule has 0 saturated carbocycles. The van der Waals surface area contributed by atoms with Gasteiger partial charge in [-0.05, 0) is 19.4 Å². The average Bonchev–Trinajstić information content (AvgIpc) is 2.48. The van der Waals surface area contributed by atoms with Crippen molar-refractivity contribution in [1.29, 1.82) is 0 Å². The fourth-order valence-corrected chi connectivity index (χ4v) is 1.56. The van der Waals surface area contributed by atoms with E-state index in [1.165, 1.54) is 0 Å². The van der Waals surface area contributed by atoms with E-state index in [2.05, 4.69) is 38.9 Å². The van der Waals surface area contributed by atoms with E-state index in [1.54, 1.807) is 0 Å². The maximum Gasteiger partial charge on any atom is 0.0681 e. The maximum absolute atomic E-state index is 5.94. The van der Waals surface area contributed by atoms with Gasteiger partial charge < -0.3 is 5.73 Å². The molecule has 2 N–H and O–H groups in total. The molecule has 1 rings (SSSR count). The Morgan fingerprint density at radius 2 is 2.07 bits per heavy atom. The van der Waals surface area contributed by atoms with Crippen molar-refractivity contribution in [3.8, 4) is 0 Å². The summed E-state index contributed by atoms with van der Waals surface area (Å²) in [6.45, 7) is 11.6. The lowest BCUT2D eigenvalue weighted by Gasteiger charge is -2.14. The zero-order valence-corrected chi connectivity index (χ0v) is 10.5. The van der Waals surface area contributed by atoms with Crippen molar-refractivity contribution >= 4 is 0 Å². The van der Waals surface area contributed by atoms with Gasteiger partial charge in [-0.15, -0.1) is 0 Å². The number of nitrogens with zero attached hydrogens (tertiary/aromatic N) is 2. The Balaban J connectivity index is 3.09. The smallest absolute Gasteiger partial charge is 0.0681 e. The van der Waals surface area contributed by atoms with Crippen LogP contribution in [0.1, 0.15) is 58.5 Å². The van der Waals surface area contributed by atoms with Crippen LogP contribution in [0.25, 0.3) is 0 Å². The van der Waals surface area contributed by atoms with Gasteiger partial charge in [0.15, 0.2) is 0 Å². The highest BCUT2D eigenvalue weighted by Crippen LogP contribution is 2.23. The fourth-order valence-electron chi connectivity index (χ4n) is 1.56. The summed E-state index contributed by atoms with van der Waals surface area (Å²) in [6.07, 6.45) is 1.09. The van der Waals surface area contributed by atoms with Crippen molar-refractivity contribution in [3.63, 3.8) is 0 Å². The lowest BCUT2D eigenvalue weighted by atomic mass is 9.92. The van der Waals surface area contributed by atoms with Crippen LogP contribution in [0, 0.1) is 0 Å². The SMILES string of the molecule is CCCn1nc(C(C)(C)C)cc1C(C)N. The first-order valence-corrected chi connectivity index (χ1v) is 5.70. The second kappa shape index (κ2) is 4.35. The number of aromatic nitrogens is 2. The molecule has 0 aromatic carbocycles. The molecule has 0 aliphatic rings. The highest BCUT2D eigenvalue weighted by Gasteiger charge is 2.20. The predicted molar refractivity (Wildman–Crippen MR) is 63.8 cm³/mol. The highest BCUT2D eigenvalue weighted by molar-refractivity contribution is 5.19. The number of aryl methyl sites for hydroxylation is 1. The van der Waals surface area contributed by atoms with Crippen LogP contribution in [0.3, 0.4) is 0 Å². The van der Waals surface area contributed by atoms with Gasteiger partial charge in [0.25, 0.3) is 0 Å². The zero-order valence-electron chi connectivity index (χ0n) is 10.5. The van der Waals surface area contributed by atoms with Gasteiger partial charge in [0.1, 0.15) is 0 Å². The van der Waals surface area contributed by atoms with Crippen LogP contribution < -0.4 is 5.73 Å². The van der Waals surface area contributed by atoms with Crippen LogP contribution in [-0.2, 0) is 12.0 Å². The van der Waals surface area contributed by atoms with Gasteiger partial charge in [-0.25, -0.2) is 0 Å². The molecule has 0 aliphatic heterocycles. The minimum atomic E-state index is 0.0557. The van der Waals surface area contributed by atoms with Crippen molar-refractivity contribution in [3.05, 3.63) is 17.5 Å². The van der Waals surface area contributed by atoms with Gasteiger partial charge in [0, 0.05) is 18.0 Å². The summed E-state index contributed by atoms with van der Waals surface area (Å²) in [4.78, 5) is 0. The number of hydrogen-bond donors (Lipinski definition) is 1. The second-order valence-corrected chi connectivity index (χ2v) is 5.22. The molecule has 0 amide bonds. The van der Waals surface area contributed by atoms with Crippen LogP contribution in [0.2, 0.25) is 0 Å². The Bertz CT molecular complexity index is 318. The van der Waals surface area contributed by atoms with E-state index in [-0.39, 0.29) is 11.5 Å². The van der Waals surface area contributed by atoms with Crippen LogP contribution in [0.15, 0.2) is 6.07 Å². The van der Waals surface area contributed by atoms with E-state index in [4.69, 9.17) is 5.73 Å². The number of hydrogen-bond acceptors (Lipinski definition) is 2. The standard InChI is InChI=1S/C12H23N3/c1-6-7-15-10(9(2)13)8-11(14-15)12(3,4)5/h8-9H,6-7,13H2,1-5H3. The molecule has 86 valence electrons. The summed E-state index contributed by atoms with van der Waals surface area (Å²) in [5.41, 5.74) is 8.31. The molecule has 3 heteroatoms. The van der Waals surface area contributed by atoms with Crippen molar-refractivity contribution in [1.82, 2.24) is 9.78 Å². The number of nitrogens with two attached hydrogens (primary N) is 1. The third-order valence-corrected chi connectivity index (χ3v) is 2.48. The van der Waals surface area contributed by atoms with Gasteiger partial charge in [-0.1, -0.05) is 27.7 Å². The third-order valence-electron chi connectivity index (χ3n) is 2.48. The predicted octanol–water partition coefficient (Wildman–Crippen LogP) is 2.61. The first-order chi connectivity index (χ1) is 6.86. The van der Waals surface area contributed by atoms with Crippen molar-refractivity contribution in [2.24, 2.45) is 5.73 Å². The summed E-state index contributed by atoms with van der Waals surface area (Å²) in [5, 5.41) is 4.63. The second-order valence-electron chi connectivity index (χ2n) is 5.22. The van der Waals surface area contributed by atoms with Crippen molar-refractivity contribution < 1.29 is 0 Å². The van der Waals surface area contributed by atoms with Crippen LogP contribution >= 0.6 is 0 Å². The van der Waals surface area contributed by atoms with Gasteiger partial charge in [0.05, 0.1) is 11.4 Å². The molecule has 3 nitrogen and oxygen atoms in total. The summed E-state index contributed by atoms with van der Waals surface area (Å²) < 4.78 is 2.05. The van der Waals surface area contributed by atoms with Crippen molar-refractivity contribution in [2.75, 3.05) is 0 Å². The maximum atomic E-state index is 5.94. The molecule has 1 atom stereocenters. The van der Waals surface area contributed by atoms with E-state index >= 15 is 0 Å². The van der Waals surface area contributed by atoms with E-state index < -0.39 is 0 Å². The quantitative estimate of drug-likeness (QED) is 0.831. The Labute approximate surface area is 92.7 Å². The van der Waals surface area contributed by atoms with Crippen molar-refractivity contribution in [2.45, 2.75) is 59.0 Å². The van der Waals surface area contributed by atoms with E-state index in [0.717, 1.165) is 24.4 Å². The molecule has 1 aromatic rings. The molecule has 1 unspecified atom stereocenters. The summed E-state index contributed by atoms with van der Waals surface area (Å²) in [5.74, 6) is 0. The topological polar surface area (TPSA) is 43.8 Å². The number of rotatable bonds is 3. The molecular weight excluding hydrogens is 186 g/mol. The largest absolute Gasteiger partial charge is 0.323 e. The monoisotopic (exact) mass is 209 g/mol. The Morgan fingerprint density at radius 3 is 2.47 bits per heavy atom. The van der Waals surface area contributed by atoms with Crippen LogP contribution in [0.5, 0.6) is 0 Å². The van der Waals surface area contributed by atoms with E-state index in [9.17, 15) is 0 Å². The lowest BCUT2D eigenvalue weighted by Crippen LogP contribution is -2.14. The molecule has 0 fully saturated rings. The van der Waals surface area contributed by atoms with Crippen LogP contribution in [-0.4, -0.2) is 9.78 Å². The minimum absolute atomic E-state index is 0.0557. The first-order valence-electron chi connectivity index (χ1n) is 5.70. The van der Waals surface area contributed by atoms with Gasteiger partial charge in [-0.2, -0.15) is 5.10 Å². The fraction of sp³-hybridized carbons (Fsp3) is 0.750. The van der Waals surface area contributed by atoms with E-state index in [0.29, 0.717) is 0 Å². The Morgan fingerprint density at radius 1 is 1.47 bits per heavy atom. The zero-order chi connectivity index (χ0) is 11.6. The Kier molecular flexibility index (Phi) is 3.55. The van der Waals surface area contributed by atoms with Gasteiger partial charge in [-0.3, -0.25) is 4.68 Å². The van der Waals surface area contributed by atoms with E-state index in [1.807, 2.05) is 11.6 Å². The molecule has 0 spiro atoms. The molecule has 0 aliphatic carbocycles. The highest BCUT2D eigenvalue weighted by atomic mass is 15.3. The Hall–Kier alpha value is -0.830. The molecular formula is C12H23N3. The molecule has 1 aromatic heterocycles. The lowest BCUT2D eigenvalue weighted by molar-refractivity contribution is 0.513. The normalized spacial score (nSPS) is 14.3. The summed E-state index contributed by atoms with van der Waals surface area (Å²) in [6, 6.07) is 2.19. The molecule has 0 saturated heterocycles.